The van der Waals surface area contributed by atoms with Crippen molar-refractivity contribution in [1.82, 2.24) is 10.2 Å². The maximum Gasteiger partial charge on any atom is 0.243 e. The summed E-state index contributed by atoms with van der Waals surface area (Å²) in [5, 5.41) is 2.99. The Balaban J connectivity index is 1.88. The standard InChI is InChI=1S/C31H37F2N3O4S/c1-4-23(2)34-31(38)29(21-24-9-6-5-7-10-24)35(22-25-12-14-26(32)15-13-25)30(37)11-8-20-36(41(3,39)40)28-18-16-27(33)17-19-28/h5-7,9-10,12-19,23,29H,4,8,11,20-22H2,1-3H3,(H,34,38)/t23-,29+/m1/s1. The molecule has 0 bridgehead atoms. The van der Waals surface area contributed by atoms with Crippen LogP contribution in [0.5, 0.6) is 0 Å². The number of nitrogens with one attached hydrogen (secondary N) is 1. The average molecular weight is 586 g/mol. The molecule has 0 saturated heterocycles. The number of hydrogen-bond donors (Lipinski definition) is 1. The molecule has 41 heavy (non-hydrogen) atoms. The second-order valence-electron chi connectivity index (χ2n) is 10.1. The van der Waals surface area contributed by atoms with Gasteiger partial charge in [0.05, 0.1) is 11.9 Å². The zero-order chi connectivity index (χ0) is 30.0. The number of benzene rings is 3. The molecule has 10 heteroatoms. The van der Waals surface area contributed by atoms with E-state index in [0.29, 0.717) is 17.7 Å². The fourth-order valence-corrected chi connectivity index (χ4v) is 5.36. The van der Waals surface area contributed by atoms with Gasteiger partial charge in [-0.25, -0.2) is 17.2 Å². The highest BCUT2D eigenvalue weighted by Crippen LogP contribution is 2.21. The Bertz CT molecular complexity index is 1390. The molecule has 0 aliphatic rings. The van der Waals surface area contributed by atoms with Crippen LogP contribution in [0, 0.1) is 11.6 Å². The van der Waals surface area contributed by atoms with Crippen LogP contribution in [-0.4, -0.2) is 50.0 Å². The van der Waals surface area contributed by atoms with E-state index in [1.54, 1.807) is 12.1 Å². The number of nitrogens with zero attached hydrogens (tertiary/aromatic N) is 2. The first-order valence-electron chi connectivity index (χ1n) is 13.6. The molecule has 220 valence electrons. The van der Waals surface area contributed by atoms with Crippen LogP contribution in [0.1, 0.15) is 44.2 Å². The largest absolute Gasteiger partial charge is 0.352 e. The Labute approximate surface area is 241 Å². The maximum absolute atomic E-state index is 13.8. The summed E-state index contributed by atoms with van der Waals surface area (Å²) >= 11 is 0. The molecule has 3 aromatic carbocycles. The van der Waals surface area contributed by atoms with E-state index in [4.69, 9.17) is 0 Å². The van der Waals surface area contributed by atoms with Crippen LogP contribution in [-0.2, 0) is 32.6 Å². The molecule has 7 nitrogen and oxygen atoms in total. The molecular formula is C31H37F2N3O4S. The van der Waals surface area contributed by atoms with Crippen LogP contribution >= 0.6 is 0 Å². The van der Waals surface area contributed by atoms with E-state index >= 15 is 0 Å². The van der Waals surface area contributed by atoms with Crippen molar-refractivity contribution in [2.45, 2.75) is 58.2 Å². The third kappa shape index (κ3) is 9.67. The van der Waals surface area contributed by atoms with Crippen LogP contribution in [0.25, 0.3) is 0 Å². The van der Waals surface area contributed by atoms with Gasteiger partial charge in [-0.2, -0.15) is 0 Å². The second kappa shape index (κ2) is 14.7. The Hall–Kier alpha value is -3.79. The van der Waals surface area contributed by atoms with E-state index in [-0.39, 0.29) is 50.2 Å². The summed E-state index contributed by atoms with van der Waals surface area (Å²) in [6, 6.07) is 19.2. The van der Waals surface area contributed by atoms with Gasteiger partial charge >= 0.3 is 0 Å². The molecule has 0 aliphatic carbocycles. The third-order valence-electron chi connectivity index (χ3n) is 6.81. The van der Waals surface area contributed by atoms with Gasteiger partial charge in [-0.1, -0.05) is 49.4 Å². The SMILES string of the molecule is CC[C@@H](C)NC(=O)[C@H](Cc1ccccc1)N(Cc1ccc(F)cc1)C(=O)CCCN(c1ccc(F)cc1)S(C)(=O)=O. The minimum atomic E-state index is -3.70. The maximum atomic E-state index is 13.8. The smallest absolute Gasteiger partial charge is 0.243 e. The van der Waals surface area contributed by atoms with Crippen LogP contribution in [0.15, 0.2) is 78.9 Å². The highest BCUT2D eigenvalue weighted by atomic mass is 32.2. The number of anilines is 1. The van der Waals surface area contributed by atoms with Crippen molar-refractivity contribution in [1.29, 1.82) is 0 Å². The highest BCUT2D eigenvalue weighted by molar-refractivity contribution is 7.92. The third-order valence-corrected chi connectivity index (χ3v) is 8.00. The molecule has 0 aliphatic heterocycles. The quantitative estimate of drug-likeness (QED) is 0.286. The molecule has 0 aromatic heterocycles. The molecule has 0 unspecified atom stereocenters. The minimum absolute atomic E-state index is 0.0109. The van der Waals surface area contributed by atoms with Crippen LogP contribution < -0.4 is 9.62 Å². The number of sulfonamides is 1. The highest BCUT2D eigenvalue weighted by Gasteiger charge is 2.31. The summed E-state index contributed by atoms with van der Waals surface area (Å²) < 4.78 is 53.1. The second-order valence-corrected chi connectivity index (χ2v) is 12.0. The normalized spacial score (nSPS) is 12.8. The van der Waals surface area contributed by atoms with Gasteiger partial charge in [-0.15, -0.1) is 0 Å². The Morgan fingerprint density at radius 2 is 1.46 bits per heavy atom. The lowest BCUT2D eigenvalue weighted by Gasteiger charge is -2.32. The number of rotatable bonds is 14. The molecule has 0 saturated carbocycles. The molecule has 1 N–H and O–H groups in total. The molecule has 2 atom stereocenters. The van der Waals surface area contributed by atoms with Gasteiger partial charge in [0.2, 0.25) is 21.8 Å². The van der Waals surface area contributed by atoms with Gasteiger partial charge in [0.1, 0.15) is 17.7 Å². The number of halogens is 2. The summed E-state index contributed by atoms with van der Waals surface area (Å²) in [5.41, 5.74) is 1.81. The zero-order valence-corrected chi connectivity index (χ0v) is 24.4. The van der Waals surface area contributed by atoms with Gasteiger partial charge in [0.15, 0.2) is 0 Å². The number of carbonyl (C=O) groups is 2. The van der Waals surface area contributed by atoms with E-state index in [9.17, 15) is 26.8 Å². The molecule has 3 rings (SSSR count). The number of amides is 2. The van der Waals surface area contributed by atoms with Crippen LogP contribution in [0.4, 0.5) is 14.5 Å². The predicted octanol–water partition coefficient (Wildman–Crippen LogP) is 5.07. The summed E-state index contributed by atoms with van der Waals surface area (Å²) in [6.07, 6.45) is 2.14. The predicted molar refractivity (Wildman–Crippen MR) is 157 cm³/mol. The van der Waals surface area contributed by atoms with Crippen molar-refractivity contribution < 1.29 is 26.8 Å². The average Bonchev–Trinajstić information content (AvgIpc) is 2.94. The van der Waals surface area contributed by atoms with Gasteiger partial charge in [0, 0.05) is 32.0 Å². The van der Waals surface area contributed by atoms with E-state index in [2.05, 4.69) is 5.32 Å². The van der Waals surface area contributed by atoms with E-state index in [1.165, 1.54) is 41.3 Å². The lowest BCUT2D eigenvalue weighted by Crippen LogP contribution is -2.52. The first-order valence-corrected chi connectivity index (χ1v) is 15.4. The van der Waals surface area contributed by atoms with Gasteiger partial charge in [-0.3, -0.25) is 13.9 Å². The Kier molecular flexibility index (Phi) is 11.4. The van der Waals surface area contributed by atoms with Crippen LogP contribution in [0.2, 0.25) is 0 Å². The monoisotopic (exact) mass is 585 g/mol. The fraction of sp³-hybridized carbons (Fsp3) is 0.355. The molecule has 3 aromatic rings. The zero-order valence-electron chi connectivity index (χ0n) is 23.6. The molecule has 0 spiro atoms. The summed E-state index contributed by atoms with van der Waals surface area (Å²) in [6.45, 7) is 3.90. The first kappa shape index (κ1) is 31.7. The van der Waals surface area contributed by atoms with Crippen molar-refractivity contribution in [2.24, 2.45) is 0 Å². The molecule has 0 fully saturated rings. The minimum Gasteiger partial charge on any atom is -0.352 e. The Morgan fingerprint density at radius 1 is 0.878 bits per heavy atom. The molecule has 0 radical (unpaired) electrons. The van der Waals surface area contributed by atoms with Gasteiger partial charge in [0.25, 0.3) is 0 Å². The van der Waals surface area contributed by atoms with Crippen molar-refractivity contribution in [2.75, 3.05) is 17.1 Å². The molecule has 2 amide bonds. The first-order chi connectivity index (χ1) is 19.5. The molecular weight excluding hydrogens is 548 g/mol. The van der Waals surface area contributed by atoms with Crippen molar-refractivity contribution in [3.63, 3.8) is 0 Å². The van der Waals surface area contributed by atoms with Gasteiger partial charge < -0.3 is 10.2 Å². The van der Waals surface area contributed by atoms with E-state index in [0.717, 1.165) is 16.1 Å². The van der Waals surface area contributed by atoms with Crippen molar-refractivity contribution in [3.05, 3.63) is 102 Å². The van der Waals surface area contributed by atoms with E-state index in [1.807, 2.05) is 44.2 Å². The van der Waals surface area contributed by atoms with E-state index < -0.39 is 27.7 Å². The summed E-state index contributed by atoms with van der Waals surface area (Å²) in [5.74, 6) is -1.55. The molecule has 0 heterocycles. The number of carbonyl (C=O) groups excluding carboxylic acids is 2. The lowest BCUT2D eigenvalue weighted by molar-refractivity contribution is -0.141. The van der Waals surface area contributed by atoms with Gasteiger partial charge in [-0.05, 0) is 67.3 Å². The lowest BCUT2D eigenvalue weighted by atomic mass is 10.0. The Morgan fingerprint density at radius 3 is 2.02 bits per heavy atom. The van der Waals surface area contributed by atoms with Crippen LogP contribution in [0.3, 0.4) is 0 Å². The van der Waals surface area contributed by atoms with Crippen molar-refractivity contribution >= 4 is 27.5 Å². The number of hydrogen-bond acceptors (Lipinski definition) is 4. The summed E-state index contributed by atoms with van der Waals surface area (Å²) in [4.78, 5) is 28.8. The van der Waals surface area contributed by atoms with Crippen molar-refractivity contribution in [3.8, 4) is 0 Å². The topological polar surface area (TPSA) is 86.8 Å². The summed E-state index contributed by atoms with van der Waals surface area (Å²) in [7, 11) is -3.70. The fourth-order valence-electron chi connectivity index (χ4n) is 4.39.